The van der Waals surface area contributed by atoms with Crippen LogP contribution in [0.25, 0.3) is 0 Å². The third-order valence-electron chi connectivity index (χ3n) is 3.52. The first-order chi connectivity index (χ1) is 10.7. The smallest absolute Gasteiger partial charge is 0.231 e. The van der Waals surface area contributed by atoms with Crippen LogP contribution in [0, 0.1) is 0 Å². The minimum absolute atomic E-state index is 0.304. The molecule has 1 aromatic heterocycles. The van der Waals surface area contributed by atoms with Gasteiger partial charge in [0, 0.05) is 37.7 Å². The van der Waals surface area contributed by atoms with E-state index in [9.17, 15) is 0 Å². The van der Waals surface area contributed by atoms with Gasteiger partial charge in [-0.2, -0.15) is 4.37 Å². The number of nitrogens with zero attached hydrogens (tertiary/aromatic N) is 4. The van der Waals surface area contributed by atoms with Crippen molar-refractivity contribution >= 4 is 16.7 Å². The van der Waals surface area contributed by atoms with Gasteiger partial charge in [-0.15, -0.1) is 0 Å². The maximum atomic E-state index is 5.58. The normalized spacial score (nSPS) is 12.9. The van der Waals surface area contributed by atoms with Crippen LogP contribution in [0.1, 0.15) is 18.3 Å². The SMILES string of the molecule is CCN(Cc1nsc(N(C)C)n1)Cc1cccc2c1OCO2. The number of para-hydroxylation sites is 1. The van der Waals surface area contributed by atoms with Crippen LogP contribution in [0.4, 0.5) is 5.13 Å². The first kappa shape index (κ1) is 15.1. The molecule has 2 aromatic rings. The molecule has 7 heteroatoms. The Morgan fingerprint density at radius 3 is 2.82 bits per heavy atom. The van der Waals surface area contributed by atoms with Gasteiger partial charge >= 0.3 is 0 Å². The number of ether oxygens (including phenoxy) is 2. The topological polar surface area (TPSA) is 50.7 Å². The predicted octanol–water partition coefficient (Wildman–Crippen LogP) is 2.35. The molecular weight excluding hydrogens is 300 g/mol. The van der Waals surface area contributed by atoms with E-state index in [0.29, 0.717) is 6.79 Å². The quantitative estimate of drug-likeness (QED) is 0.814. The van der Waals surface area contributed by atoms with Crippen molar-refractivity contribution in [3.05, 3.63) is 29.6 Å². The molecule has 0 spiro atoms. The lowest BCUT2D eigenvalue weighted by Gasteiger charge is -2.19. The number of anilines is 1. The van der Waals surface area contributed by atoms with E-state index in [1.54, 1.807) is 0 Å². The summed E-state index contributed by atoms with van der Waals surface area (Å²) in [4.78, 5) is 8.82. The molecule has 1 aliphatic rings. The lowest BCUT2D eigenvalue weighted by Crippen LogP contribution is -2.23. The van der Waals surface area contributed by atoms with Crippen LogP contribution >= 0.6 is 11.5 Å². The maximum absolute atomic E-state index is 5.58. The van der Waals surface area contributed by atoms with Gasteiger partial charge in [-0.25, -0.2) is 4.98 Å². The van der Waals surface area contributed by atoms with Crippen LogP contribution in [0.2, 0.25) is 0 Å². The van der Waals surface area contributed by atoms with E-state index in [2.05, 4.69) is 27.2 Å². The van der Waals surface area contributed by atoms with E-state index in [0.717, 1.165) is 47.7 Å². The minimum Gasteiger partial charge on any atom is -0.454 e. The van der Waals surface area contributed by atoms with Gasteiger partial charge in [0.25, 0.3) is 0 Å². The molecule has 0 atom stereocenters. The zero-order chi connectivity index (χ0) is 15.5. The van der Waals surface area contributed by atoms with Crippen molar-refractivity contribution < 1.29 is 9.47 Å². The van der Waals surface area contributed by atoms with Crippen molar-refractivity contribution in [3.8, 4) is 11.5 Å². The van der Waals surface area contributed by atoms with Crippen LogP contribution in [0.5, 0.6) is 11.5 Å². The van der Waals surface area contributed by atoms with Gasteiger partial charge in [-0.05, 0) is 12.6 Å². The van der Waals surface area contributed by atoms with E-state index in [1.807, 2.05) is 31.1 Å². The number of hydrogen-bond donors (Lipinski definition) is 0. The molecule has 0 bridgehead atoms. The fraction of sp³-hybridized carbons (Fsp3) is 0.467. The number of rotatable bonds is 6. The van der Waals surface area contributed by atoms with Gasteiger partial charge in [0.2, 0.25) is 11.9 Å². The average molecular weight is 320 g/mol. The maximum Gasteiger partial charge on any atom is 0.231 e. The Morgan fingerprint density at radius 2 is 2.09 bits per heavy atom. The highest BCUT2D eigenvalue weighted by Crippen LogP contribution is 2.36. The average Bonchev–Trinajstić information content (AvgIpc) is 3.15. The number of hydrogen-bond acceptors (Lipinski definition) is 7. The molecule has 0 saturated carbocycles. The molecular formula is C15H20N4O2S. The molecule has 0 N–H and O–H groups in total. The lowest BCUT2D eigenvalue weighted by molar-refractivity contribution is 0.171. The van der Waals surface area contributed by atoms with Gasteiger partial charge in [-0.3, -0.25) is 4.90 Å². The number of benzene rings is 1. The molecule has 1 aliphatic heterocycles. The van der Waals surface area contributed by atoms with Gasteiger partial charge < -0.3 is 14.4 Å². The fourth-order valence-corrected chi connectivity index (χ4v) is 2.92. The Kier molecular flexibility index (Phi) is 4.44. The summed E-state index contributed by atoms with van der Waals surface area (Å²) in [5.74, 6) is 2.55. The lowest BCUT2D eigenvalue weighted by atomic mass is 10.1. The molecule has 0 fully saturated rings. The number of fused-ring (bicyclic) bond motifs is 1. The summed E-state index contributed by atoms with van der Waals surface area (Å²) in [6.45, 7) is 4.88. The van der Waals surface area contributed by atoms with E-state index >= 15 is 0 Å². The van der Waals surface area contributed by atoms with Crippen LogP contribution in [-0.4, -0.2) is 41.7 Å². The van der Waals surface area contributed by atoms with Gasteiger partial charge in [0.15, 0.2) is 17.3 Å². The highest BCUT2D eigenvalue weighted by atomic mass is 32.1. The third-order valence-corrected chi connectivity index (χ3v) is 4.45. The van der Waals surface area contributed by atoms with Crippen LogP contribution in [-0.2, 0) is 13.1 Å². The Hall–Kier alpha value is -1.86. The van der Waals surface area contributed by atoms with Crippen molar-refractivity contribution in [2.75, 3.05) is 32.3 Å². The fourth-order valence-electron chi connectivity index (χ4n) is 2.33. The molecule has 118 valence electrons. The summed E-state index contributed by atoms with van der Waals surface area (Å²) in [5.41, 5.74) is 1.14. The molecule has 0 saturated heterocycles. The molecule has 22 heavy (non-hydrogen) atoms. The van der Waals surface area contributed by atoms with Crippen LogP contribution < -0.4 is 14.4 Å². The van der Waals surface area contributed by atoms with Crippen molar-refractivity contribution in [1.82, 2.24) is 14.3 Å². The molecule has 2 heterocycles. The standard InChI is InChI=1S/C15H20N4O2S/c1-4-19(9-13-16-15(18(2)3)22-17-13)8-11-6-5-7-12-14(11)21-10-20-12/h5-7H,4,8-10H2,1-3H3. The molecule has 0 unspecified atom stereocenters. The first-order valence-corrected chi connectivity index (χ1v) is 8.04. The molecule has 3 rings (SSSR count). The summed E-state index contributed by atoms with van der Waals surface area (Å²) < 4.78 is 15.4. The van der Waals surface area contributed by atoms with Crippen molar-refractivity contribution in [3.63, 3.8) is 0 Å². The highest BCUT2D eigenvalue weighted by molar-refractivity contribution is 7.09. The van der Waals surface area contributed by atoms with Gasteiger partial charge in [0.05, 0.1) is 6.54 Å². The second-order valence-electron chi connectivity index (χ2n) is 5.34. The van der Waals surface area contributed by atoms with Crippen molar-refractivity contribution in [2.45, 2.75) is 20.0 Å². The molecule has 0 radical (unpaired) electrons. The molecule has 1 aromatic carbocycles. The van der Waals surface area contributed by atoms with E-state index in [1.165, 1.54) is 11.5 Å². The van der Waals surface area contributed by atoms with Gasteiger partial charge in [0.1, 0.15) is 0 Å². The predicted molar refractivity (Wildman–Crippen MR) is 86.6 cm³/mol. The summed E-state index contributed by atoms with van der Waals surface area (Å²) in [6, 6.07) is 6.02. The molecule has 0 aliphatic carbocycles. The Bertz CT molecular complexity index is 644. The Balaban J connectivity index is 1.71. The van der Waals surface area contributed by atoms with Crippen LogP contribution in [0.3, 0.4) is 0 Å². The first-order valence-electron chi connectivity index (χ1n) is 7.27. The largest absolute Gasteiger partial charge is 0.454 e. The summed E-state index contributed by atoms with van der Waals surface area (Å²) >= 11 is 1.43. The minimum atomic E-state index is 0.304. The zero-order valence-electron chi connectivity index (χ0n) is 13.1. The molecule has 0 amide bonds. The summed E-state index contributed by atoms with van der Waals surface area (Å²) in [6.07, 6.45) is 0. The van der Waals surface area contributed by atoms with E-state index in [-0.39, 0.29) is 0 Å². The summed E-state index contributed by atoms with van der Waals surface area (Å²) in [7, 11) is 3.96. The Labute approximate surface area is 134 Å². The third kappa shape index (κ3) is 3.15. The van der Waals surface area contributed by atoms with Crippen molar-refractivity contribution in [1.29, 1.82) is 0 Å². The van der Waals surface area contributed by atoms with E-state index < -0.39 is 0 Å². The second kappa shape index (κ2) is 6.50. The summed E-state index contributed by atoms with van der Waals surface area (Å²) in [5, 5.41) is 0.934. The Morgan fingerprint density at radius 1 is 1.23 bits per heavy atom. The zero-order valence-corrected chi connectivity index (χ0v) is 13.9. The highest BCUT2D eigenvalue weighted by Gasteiger charge is 2.19. The molecule has 6 nitrogen and oxygen atoms in total. The second-order valence-corrected chi connectivity index (χ2v) is 6.07. The van der Waals surface area contributed by atoms with Crippen LogP contribution in [0.15, 0.2) is 18.2 Å². The van der Waals surface area contributed by atoms with E-state index in [4.69, 9.17) is 9.47 Å². The number of aromatic nitrogens is 2. The van der Waals surface area contributed by atoms with Crippen molar-refractivity contribution in [2.24, 2.45) is 0 Å². The monoisotopic (exact) mass is 320 g/mol. The van der Waals surface area contributed by atoms with Gasteiger partial charge in [-0.1, -0.05) is 19.1 Å².